The summed E-state index contributed by atoms with van der Waals surface area (Å²) in [4.78, 5) is 14.6. The molecule has 0 saturated carbocycles. The van der Waals surface area contributed by atoms with Crippen LogP contribution in [0.5, 0.6) is 0 Å². The van der Waals surface area contributed by atoms with Crippen LogP contribution < -0.4 is 0 Å². The number of ether oxygens (including phenoxy) is 2. The van der Waals surface area contributed by atoms with Gasteiger partial charge in [-0.1, -0.05) is 6.08 Å². The lowest BCUT2D eigenvalue weighted by molar-refractivity contribution is -0.144. The summed E-state index contributed by atoms with van der Waals surface area (Å²) in [6.07, 6.45) is 4.97. The van der Waals surface area contributed by atoms with Crippen molar-refractivity contribution in [2.24, 2.45) is 5.41 Å². The number of piperidine rings is 1. The monoisotopic (exact) mass is 321 g/mol. The minimum atomic E-state index is -0.0643. The van der Waals surface area contributed by atoms with Crippen molar-refractivity contribution in [3.63, 3.8) is 0 Å². The Bertz CT molecular complexity index is 516. The normalized spacial score (nSPS) is 28.2. The first-order valence-corrected chi connectivity index (χ1v) is 8.81. The molecule has 3 rings (SSSR count). The van der Waals surface area contributed by atoms with E-state index in [9.17, 15) is 4.79 Å². The van der Waals surface area contributed by atoms with Crippen molar-refractivity contribution in [2.75, 3.05) is 32.9 Å². The summed E-state index contributed by atoms with van der Waals surface area (Å²) in [5.74, 6) is 0.133. The fourth-order valence-corrected chi connectivity index (χ4v) is 4.22. The third kappa shape index (κ3) is 3.12. The van der Waals surface area contributed by atoms with Gasteiger partial charge in [-0.25, -0.2) is 0 Å². The van der Waals surface area contributed by atoms with Crippen LogP contribution in [0.4, 0.5) is 0 Å². The van der Waals surface area contributed by atoms with E-state index in [-0.39, 0.29) is 17.4 Å². The Morgan fingerprint density at radius 1 is 1.64 bits per heavy atom. The molecule has 22 heavy (non-hydrogen) atoms. The van der Waals surface area contributed by atoms with E-state index in [1.165, 1.54) is 0 Å². The van der Waals surface area contributed by atoms with E-state index < -0.39 is 0 Å². The maximum absolute atomic E-state index is 12.6. The summed E-state index contributed by atoms with van der Waals surface area (Å²) in [7, 11) is 0. The second-order valence-corrected chi connectivity index (χ2v) is 6.94. The van der Waals surface area contributed by atoms with Gasteiger partial charge in [0.2, 0.25) is 0 Å². The number of hydrogen-bond donors (Lipinski definition) is 0. The van der Waals surface area contributed by atoms with Crippen molar-refractivity contribution in [1.82, 2.24) is 4.90 Å². The number of amides is 1. The highest BCUT2D eigenvalue weighted by molar-refractivity contribution is 7.08. The zero-order valence-electron chi connectivity index (χ0n) is 12.8. The van der Waals surface area contributed by atoms with Crippen LogP contribution in [0.25, 0.3) is 0 Å². The van der Waals surface area contributed by atoms with Gasteiger partial charge in [-0.15, -0.1) is 6.58 Å². The summed E-state index contributed by atoms with van der Waals surface area (Å²) >= 11 is 1.56. The molecule has 0 aliphatic carbocycles. The molecule has 4 nitrogen and oxygen atoms in total. The Kier molecular flexibility index (Phi) is 4.96. The lowest BCUT2D eigenvalue weighted by Crippen LogP contribution is -2.58. The number of nitrogens with zero attached hydrogens (tertiary/aromatic N) is 1. The fourth-order valence-electron chi connectivity index (χ4n) is 3.59. The van der Waals surface area contributed by atoms with Crippen LogP contribution in [0.1, 0.15) is 29.6 Å². The molecule has 2 aliphatic rings. The van der Waals surface area contributed by atoms with Crippen molar-refractivity contribution in [1.29, 1.82) is 0 Å². The van der Waals surface area contributed by atoms with Crippen LogP contribution in [0.3, 0.4) is 0 Å². The summed E-state index contributed by atoms with van der Waals surface area (Å²) in [6.45, 7) is 7.20. The van der Waals surface area contributed by atoms with Gasteiger partial charge in [-0.2, -0.15) is 11.3 Å². The van der Waals surface area contributed by atoms with Crippen molar-refractivity contribution >= 4 is 17.2 Å². The van der Waals surface area contributed by atoms with Crippen molar-refractivity contribution in [3.05, 3.63) is 35.0 Å². The van der Waals surface area contributed by atoms with Crippen LogP contribution in [0, 0.1) is 5.41 Å². The molecule has 0 spiro atoms. The average Bonchev–Trinajstić information content (AvgIpc) is 3.08. The van der Waals surface area contributed by atoms with Crippen LogP contribution in [-0.2, 0) is 9.47 Å². The third-order valence-electron chi connectivity index (χ3n) is 4.67. The fraction of sp³-hybridized carbons (Fsp3) is 0.588. The number of fused-ring (bicyclic) bond motifs is 1. The summed E-state index contributed by atoms with van der Waals surface area (Å²) in [6, 6.07) is 1.90. The van der Waals surface area contributed by atoms with E-state index in [2.05, 4.69) is 6.58 Å². The minimum absolute atomic E-state index is 0.0643. The zero-order chi connectivity index (χ0) is 15.4. The lowest BCUT2D eigenvalue weighted by Gasteiger charge is -2.50. The molecule has 0 bridgehead atoms. The summed E-state index contributed by atoms with van der Waals surface area (Å²) in [5.41, 5.74) is 0.730. The van der Waals surface area contributed by atoms with Gasteiger partial charge in [0, 0.05) is 30.5 Å². The molecule has 0 unspecified atom stereocenters. The van der Waals surface area contributed by atoms with E-state index in [1.54, 1.807) is 17.4 Å². The van der Waals surface area contributed by atoms with Crippen LogP contribution in [-0.4, -0.2) is 49.8 Å². The highest BCUT2D eigenvalue weighted by Gasteiger charge is 2.47. The highest BCUT2D eigenvalue weighted by Crippen LogP contribution is 2.40. The van der Waals surface area contributed by atoms with E-state index in [4.69, 9.17) is 9.47 Å². The van der Waals surface area contributed by atoms with Crippen LogP contribution in [0.2, 0.25) is 0 Å². The maximum atomic E-state index is 12.6. The molecular formula is C17H23NO3S. The Labute approximate surface area is 135 Å². The van der Waals surface area contributed by atoms with Gasteiger partial charge in [-0.3, -0.25) is 4.79 Å². The van der Waals surface area contributed by atoms with E-state index >= 15 is 0 Å². The molecule has 2 saturated heterocycles. The SMILES string of the molecule is C=CCOC[C@@]12CCCO[C@@H]1CCN(C(=O)c1ccsc1)C2. The lowest BCUT2D eigenvalue weighted by atomic mass is 9.73. The molecule has 5 heteroatoms. The number of thiophene rings is 1. The van der Waals surface area contributed by atoms with Gasteiger partial charge in [0.15, 0.2) is 0 Å². The second-order valence-electron chi connectivity index (χ2n) is 6.16. The molecule has 2 aliphatic heterocycles. The molecule has 0 radical (unpaired) electrons. The quantitative estimate of drug-likeness (QED) is 0.618. The van der Waals surface area contributed by atoms with Gasteiger partial charge < -0.3 is 14.4 Å². The van der Waals surface area contributed by atoms with Gasteiger partial charge in [-0.05, 0) is 30.7 Å². The molecule has 1 aromatic rings. The van der Waals surface area contributed by atoms with Crippen molar-refractivity contribution in [2.45, 2.75) is 25.4 Å². The van der Waals surface area contributed by atoms with Gasteiger partial charge in [0.1, 0.15) is 0 Å². The first-order chi connectivity index (χ1) is 10.7. The van der Waals surface area contributed by atoms with Crippen molar-refractivity contribution in [3.8, 4) is 0 Å². The molecule has 3 heterocycles. The van der Waals surface area contributed by atoms with E-state index in [1.807, 2.05) is 21.7 Å². The molecule has 0 aromatic carbocycles. The number of likely N-dealkylation sites (tertiary alicyclic amines) is 1. The van der Waals surface area contributed by atoms with Crippen molar-refractivity contribution < 1.29 is 14.3 Å². The summed E-state index contributed by atoms with van der Waals surface area (Å²) < 4.78 is 11.8. The maximum Gasteiger partial charge on any atom is 0.254 e. The van der Waals surface area contributed by atoms with Gasteiger partial charge in [0.05, 0.1) is 24.9 Å². The standard InChI is InChI=1S/C17H23NO3S/c1-2-8-20-13-17-6-3-9-21-15(17)4-7-18(12-17)16(19)14-5-10-22-11-14/h2,5,10-11,15H,1,3-4,6-9,12-13H2/t15-,17+/m1/s1. The minimum Gasteiger partial charge on any atom is -0.377 e. The van der Waals surface area contributed by atoms with E-state index in [0.717, 1.165) is 44.5 Å². The molecule has 2 fully saturated rings. The molecule has 1 aromatic heterocycles. The topological polar surface area (TPSA) is 38.8 Å². The highest BCUT2D eigenvalue weighted by atomic mass is 32.1. The zero-order valence-corrected chi connectivity index (χ0v) is 13.6. The predicted octanol–water partition coefficient (Wildman–Crippen LogP) is 2.96. The summed E-state index contributed by atoms with van der Waals surface area (Å²) in [5, 5.41) is 3.87. The Morgan fingerprint density at radius 2 is 2.55 bits per heavy atom. The first-order valence-electron chi connectivity index (χ1n) is 7.87. The molecule has 0 N–H and O–H groups in total. The second kappa shape index (κ2) is 6.94. The molecule has 120 valence electrons. The molecular weight excluding hydrogens is 298 g/mol. The molecule has 2 atom stereocenters. The third-order valence-corrected chi connectivity index (χ3v) is 5.35. The number of hydrogen-bond acceptors (Lipinski definition) is 4. The Morgan fingerprint density at radius 3 is 3.32 bits per heavy atom. The van der Waals surface area contributed by atoms with Crippen LogP contribution in [0.15, 0.2) is 29.5 Å². The van der Waals surface area contributed by atoms with Gasteiger partial charge in [0.25, 0.3) is 5.91 Å². The first kappa shape index (κ1) is 15.7. The number of rotatable bonds is 5. The number of carbonyl (C=O) groups excluding carboxylic acids is 1. The predicted molar refractivity (Wildman–Crippen MR) is 87.3 cm³/mol. The number of carbonyl (C=O) groups is 1. The Hall–Kier alpha value is -1.17. The van der Waals surface area contributed by atoms with Crippen LogP contribution >= 0.6 is 11.3 Å². The van der Waals surface area contributed by atoms with Gasteiger partial charge >= 0.3 is 0 Å². The Balaban J connectivity index is 1.74. The smallest absolute Gasteiger partial charge is 0.254 e. The largest absolute Gasteiger partial charge is 0.377 e. The van der Waals surface area contributed by atoms with E-state index in [0.29, 0.717) is 13.2 Å². The average molecular weight is 321 g/mol. The molecule has 1 amide bonds.